The average Bonchev–Trinajstić information content (AvgIpc) is 3.24. The molecule has 0 bridgehead atoms. The van der Waals surface area contributed by atoms with Crippen LogP contribution in [0, 0.1) is 0 Å². The Kier molecular flexibility index (Phi) is 6.33. The molecule has 1 N–H and O–H groups in total. The van der Waals surface area contributed by atoms with Crippen LogP contribution in [0.1, 0.15) is 21.5 Å². The number of aromatic nitrogens is 4. The predicted octanol–water partition coefficient (Wildman–Crippen LogP) is 4.64. The number of ether oxygens (including phenoxy) is 1. The first-order chi connectivity index (χ1) is 16.5. The molecule has 2 aromatic carbocycles. The lowest BCUT2D eigenvalue weighted by Crippen LogP contribution is -2.29. The van der Waals surface area contributed by atoms with Crippen molar-refractivity contribution in [2.75, 3.05) is 13.2 Å². The molecule has 1 amide bonds. The van der Waals surface area contributed by atoms with E-state index in [2.05, 4.69) is 20.6 Å². The highest BCUT2D eigenvalue weighted by atomic mass is 19.4. The summed E-state index contributed by atoms with van der Waals surface area (Å²) in [6.07, 6.45) is -10.1. The molecule has 0 spiro atoms. The van der Waals surface area contributed by atoms with Crippen molar-refractivity contribution in [2.24, 2.45) is 0 Å². The number of hydrogen-bond acceptors (Lipinski definition) is 5. The van der Waals surface area contributed by atoms with E-state index in [-0.39, 0.29) is 25.1 Å². The van der Waals surface area contributed by atoms with E-state index in [4.69, 9.17) is 4.74 Å². The van der Waals surface area contributed by atoms with Gasteiger partial charge in [0.1, 0.15) is 6.61 Å². The van der Waals surface area contributed by atoms with Crippen LogP contribution in [0.25, 0.3) is 17.0 Å². The van der Waals surface area contributed by atoms with E-state index >= 15 is 0 Å². The molecule has 182 valence electrons. The van der Waals surface area contributed by atoms with Crippen LogP contribution < -0.4 is 10.1 Å². The second kappa shape index (κ2) is 9.24. The Balaban J connectivity index is 1.42. The third kappa shape index (κ3) is 5.50. The Morgan fingerprint density at radius 3 is 2.17 bits per heavy atom. The number of halogens is 6. The Bertz CT molecular complexity index is 1320. The molecule has 4 rings (SSSR count). The van der Waals surface area contributed by atoms with Crippen molar-refractivity contribution in [3.05, 3.63) is 77.4 Å². The number of rotatable bonds is 6. The first-order valence-corrected chi connectivity index (χ1v) is 10.0. The van der Waals surface area contributed by atoms with Crippen LogP contribution in [0.5, 0.6) is 5.88 Å². The van der Waals surface area contributed by atoms with E-state index in [0.717, 1.165) is 5.56 Å². The first-order valence-electron chi connectivity index (χ1n) is 10.0. The van der Waals surface area contributed by atoms with E-state index in [1.165, 1.54) is 10.6 Å². The van der Waals surface area contributed by atoms with Crippen LogP contribution in [0.4, 0.5) is 26.3 Å². The molecule has 2 aromatic heterocycles. The maximum Gasteiger partial charge on any atom is 0.416 e. The molecule has 13 heteroatoms. The summed E-state index contributed by atoms with van der Waals surface area (Å²) in [4.78, 5) is 12.2. The smallest absolute Gasteiger partial charge is 0.416 e. The first kappa shape index (κ1) is 24.0. The third-order valence-corrected chi connectivity index (χ3v) is 4.76. The predicted molar refractivity (Wildman–Crippen MR) is 110 cm³/mol. The Labute approximate surface area is 193 Å². The maximum absolute atomic E-state index is 13.0. The van der Waals surface area contributed by atoms with Gasteiger partial charge < -0.3 is 10.1 Å². The van der Waals surface area contributed by atoms with Crippen LogP contribution in [0.3, 0.4) is 0 Å². The molecule has 0 atom stereocenters. The Morgan fingerprint density at radius 2 is 1.54 bits per heavy atom. The minimum Gasteiger partial charge on any atom is -0.475 e. The summed E-state index contributed by atoms with van der Waals surface area (Å²) in [5, 5.41) is 14.6. The van der Waals surface area contributed by atoms with Crippen LogP contribution in [-0.2, 0) is 12.4 Å². The molecular formula is C22H15F6N5O2. The van der Waals surface area contributed by atoms with Crippen LogP contribution >= 0.6 is 0 Å². The Morgan fingerprint density at radius 1 is 0.886 bits per heavy atom. The standard InChI is InChI=1S/C22H15F6N5O2/c23-21(24,25)15-10-14(11-16(12-15)22(26,27)28)20(34)29-8-9-35-18-7-6-17-30-31-19(33(17)32-18)13-4-2-1-3-5-13/h1-7,10-12H,8-9H2,(H,29,34). The summed E-state index contributed by atoms with van der Waals surface area (Å²) in [6.45, 7) is -0.359. The quantitative estimate of drug-likeness (QED) is 0.312. The summed E-state index contributed by atoms with van der Waals surface area (Å²) in [5.74, 6) is -0.509. The SMILES string of the molecule is O=C(NCCOc1ccc2nnc(-c3ccccc3)n2n1)c1cc(C(F)(F)F)cc(C(F)(F)F)c1. The molecule has 35 heavy (non-hydrogen) atoms. The van der Waals surface area contributed by atoms with Crippen LogP contribution in [0.15, 0.2) is 60.7 Å². The number of amides is 1. The van der Waals surface area contributed by atoms with Crippen molar-refractivity contribution in [1.29, 1.82) is 0 Å². The second-order valence-corrected chi connectivity index (χ2v) is 7.23. The molecule has 0 aliphatic heterocycles. The number of benzene rings is 2. The van der Waals surface area contributed by atoms with Gasteiger partial charge in [-0.3, -0.25) is 4.79 Å². The molecule has 0 radical (unpaired) electrons. The average molecular weight is 495 g/mol. The lowest BCUT2D eigenvalue weighted by molar-refractivity contribution is -0.143. The van der Waals surface area contributed by atoms with Gasteiger partial charge in [-0.05, 0) is 24.3 Å². The van der Waals surface area contributed by atoms with Gasteiger partial charge in [0, 0.05) is 17.2 Å². The molecule has 4 aromatic rings. The molecule has 2 heterocycles. The van der Waals surface area contributed by atoms with Crippen molar-refractivity contribution in [1.82, 2.24) is 25.1 Å². The number of nitrogens with zero attached hydrogens (tertiary/aromatic N) is 4. The molecular weight excluding hydrogens is 480 g/mol. The number of nitrogens with one attached hydrogen (secondary N) is 1. The van der Waals surface area contributed by atoms with Crippen molar-refractivity contribution in [3.8, 4) is 17.3 Å². The summed E-state index contributed by atoms with van der Waals surface area (Å²) in [5.41, 5.74) is -2.71. The van der Waals surface area contributed by atoms with Crippen LogP contribution in [0.2, 0.25) is 0 Å². The van der Waals surface area contributed by atoms with Gasteiger partial charge in [0.05, 0.1) is 17.7 Å². The highest BCUT2D eigenvalue weighted by molar-refractivity contribution is 5.94. The van der Waals surface area contributed by atoms with Gasteiger partial charge in [-0.2, -0.15) is 30.9 Å². The van der Waals surface area contributed by atoms with E-state index in [1.807, 2.05) is 30.3 Å². The van der Waals surface area contributed by atoms with Crippen molar-refractivity contribution in [3.63, 3.8) is 0 Å². The minimum atomic E-state index is -5.05. The fourth-order valence-corrected chi connectivity index (χ4v) is 3.12. The zero-order chi connectivity index (χ0) is 25.2. The van der Waals surface area contributed by atoms with Crippen molar-refractivity contribution in [2.45, 2.75) is 12.4 Å². The highest BCUT2D eigenvalue weighted by Crippen LogP contribution is 2.36. The zero-order valence-electron chi connectivity index (χ0n) is 17.6. The van der Waals surface area contributed by atoms with Gasteiger partial charge in [0.25, 0.3) is 5.91 Å². The summed E-state index contributed by atoms with van der Waals surface area (Å²) in [6, 6.07) is 12.9. The van der Waals surface area contributed by atoms with E-state index < -0.39 is 35.0 Å². The molecule has 0 aliphatic carbocycles. The molecule has 7 nitrogen and oxygen atoms in total. The second-order valence-electron chi connectivity index (χ2n) is 7.23. The van der Waals surface area contributed by atoms with Gasteiger partial charge in [0.15, 0.2) is 11.5 Å². The van der Waals surface area contributed by atoms with Gasteiger partial charge in [-0.25, -0.2) is 0 Å². The maximum atomic E-state index is 13.0. The number of alkyl halides is 6. The number of fused-ring (bicyclic) bond motifs is 1. The van der Waals surface area contributed by atoms with E-state index in [0.29, 0.717) is 23.6 Å². The van der Waals surface area contributed by atoms with E-state index in [9.17, 15) is 31.1 Å². The highest BCUT2D eigenvalue weighted by Gasteiger charge is 2.37. The molecule has 0 saturated heterocycles. The number of carbonyl (C=O) groups is 1. The van der Waals surface area contributed by atoms with Gasteiger partial charge in [0.2, 0.25) is 5.88 Å². The van der Waals surface area contributed by atoms with Crippen LogP contribution in [-0.4, -0.2) is 38.9 Å². The molecule has 0 fully saturated rings. The van der Waals surface area contributed by atoms with Crippen molar-refractivity contribution >= 4 is 11.6 Å². The summed E-state index contributed by atoms with van der Waals surface area (Å²) >= 11 is 0. The number of hydrogen-bond donors (Lipinski definition) is 1. The summed E-state index contributed by atoms with van der Waals surface area (Å²) in [7, 11) is 0. The van der Waals surface area contributed by atoms with Crippen molar-refractivity contribution < 1.29 is 35.9 Å². The zero-order valence-corrected chi connectivity index (χ0v) is 17.6. The third-order valence-electron chi connectivity index (χ3n) is 4.76. The minimum absolute atomic E-state index is 0.0453. The normalized spacial score (nSPS) is 12.1. The number of carbonyl (C=O) groups excluding carboxylic acids is 1. The molecule has 0 aliphatic rings. The van der Waals surface area contributed by atoms with Gasteiger partial charge in [-0.15, -0.1) is 15.3 Å². The fourth-order valence-electron chi connectivity index (χ4n) is 3.12. The van der Waals surface area contributed by atoms with E-state index in [1.54, 1.807) is 6.07 Å². The lowest BCUT2D eigenvalue weighted by Gasteiger charge is -2.14. The monoisotopic (exact) mass is 495 g/mol. The largest absolute Gasteiger partial charge is 0.475 e. The van der Waals surface area contributed by atoms with Gasteiger partial charge >= 0.3 is 12.4 Å². The fraction of sp³-hybridized carbons (Fsp3) is 0.182. The lowest BCUT2D eigenvalue weighted by atomic mass is 10.0. The topological polar surface area (TPSA) is 81.4 Å². The molecule has 0 unspecified atom stereocenters. The molecule has 0 saturated carbocycles. The van der Waals surface area contributed by atoms with Gasteiger partial charge in [-0.1, -0.05) is 30.3 Å². The summed E-state index contributed by atoms with van der Waals surface area (Å²) < 4.78 is 84.8. The Hall–Kier alpha value is -4.16.